The molecule has 0 aliphatic carbocycles. The molecule has 0 saturated carbocycles. The van der Waals surface area contributed by atoms with E-state index in [-0.39, 0.29) is 5.92 Å². The molecule has 0 N–H and O–H groups in total. The van der Waals surface area contributed by atoms with Gasteiger partial charge in [-0.05, 0) is 36.6 Å². The first-order valence-corrected chi connectivity index (χ1v) is 11.6. The molecule has 1 aliphatic heterocycles. The second-order valence-electron chi connectivity index (χ2n) is 6.52. The lowest BCUT2D eigenvalue weighted by molar-refractivity contribution is 0.313. The van der Waals surface area contributed by atoms with E-state index in [0.29, 0.717) is 18.1 Å². The Kier molecular flexibility index (Phi) is 5.02. The third kappa shape index (κ3) is 4.06. The van der Waals surface area contributed by atoms with Crippen molar-refractivity contribution < 1.29 is 8.42 Å². The Morgan fingerprint density at radius 2 is 2.00 bits per heavy atom. The zero-order valence-electron chi connectivity index (χ0n) is 14.6. The van der Waals surface area contributed by atoms with E-state index in [1.807, 2.05) is 36.4 Å². The standard InChI is InChI=1S/C17H18ClN5O2S2/c1-27(24,25)22-9-7-13(8-10-22)16-19-20-17-23(16)21-15(26-17)6-5-12-3-2-4-14(18)11-12/h2-6,11,13H,7-10H2,1H3/b6-5+. The zero-order valence-corrected chi connectivity index (χ0v) is 17.0. The minimum atomic E-state index is -3.13. The van der Waals surface area contributed by atoms with Crippen LogP contribution in [0.5, 0.6) is 0 Å². The second kappa shape index (κ2) is 7.31. The van der Waals surface area contributed by atoms with Gasteiger partial charge in [-0.15, -0.1) is 10.2 Å². The molecule has 3 heterocycles. The number of aromatic nitrogens is 4. The maximum Gasteiger partial charge on any atom is 0.234 e. The quantitative estimate of drug-likeness (QED) is 0.643. The van der Waals surface area contributed by atoms with Gasteiger partial charge < -0.3 is 0 Å². The summed E-state index contributed by atoms with van der Waals surface area (Å²) in [6, 6.07) is 7.61. The van der Waals surface area contributed by atoms with Crippen molar-refractivity contribution in [1.29, 1.82) is 0 Å². The zero-order chi connectivity index (χ0) is 19.0. The van der Waals surface area contributed by atoms with Crippen molar-refractivity contribution in [2.75, 3.05) is 19.3 Å². The average molecular weight is 424 g/mol. The molecule has 142 valence electrons. The Hall–Kier alpha value is -1.81. The summed E-state index contributed by atoms with van der Waals surface area (Å²) in [6.45, 7) is 1.01. The van der Waals surface area contributed by atoms with Crippen molar-refractivity contribution in [3.05, 3.63) is 45.7 Å². The van der Waals surface area contributed by atoms with Crippen LogP contribution >= 0.6 is 22.9 Å². The summed E-state index contributed by atoms with van der Waals surface area (Å²) in [6.07, 6.45) is 6.59. The van der Waals surface area contributed by atoms with Crippen LogP contribution in [0.1, 0.15) is 35.2 Å². The van der Waals surface area contributed by atoms with Crippen LogP contribution in [0.4, 0.5) is 0 Å². The van der Waals surface area contributed by atoms with Gasteiger partial charge in [-0.3, -0.25) is 0 Å². The molecule has 0 radical (unpaired) electrons. The SMILES string of the molecule is CS(=O)(=O)N1CCC(c2nnc3sc(/C=C/c4cccc(Cl)c4)nn23)CC1. The Labute approximate surface area is 166 Å². The number of benzene rings is 1. The molecule has 1 fully saturated rings. The summed E-state index contributed by atoms with van der Waals surface area (Å²) in [7, 11) is -3.13. The van der Waals surface area contributed by atoms with E-state index < -0.39 is 10.0 Å². The van der Waals surface area contributed by atoms with Gasteiger partial charge in [-0.1, -0.05) is 41.1 Å². The van der Waals surface area contributed by atoms with Crippen molar-refractivity contribution in [2.24, 2.45) is 0 Å². The van der Waals surface area contributed by atoms with Gasteiger partial charge in [-0.25, -0.2) is 12.7 Å². The molecule has 0 spiro atoms. The van der Waals surface area contributed by atoms with Gasteiger partial charge in [-0.2, -0.15) is 9.61 Å². The number of halogens is 1. The second-order valence-corrected chi connectivity index (χ2v) is 9.92. The lowest BCUT2D eigenvalue weighted by Crippen LogP contribution is -2.37. The first-order valence-electron chi connectivity index (χ1n) is 8.51. The predicted octanol–water partition coefficient (Wildman–Crippen LogP) is 3.15. The van der Waals surface area contributed by atoms with Gasteiger partial charge in [0, 0.05) is 24.0 Å². The van der Waals surface area contributed by atoms with E-state index >= 15 is 0 Å². The fourth-order valence-electron chi connectivity index (χ4n) is 3.19. The molecule has 1 aliphatic rings. The molecule has 0 bridgehead atoms. The Morgan fingerprint density at radius 1 is 1.22 bits per heavy atom. The normalized spacial score (nSPS) is 17.3. The summed E-state index contributed by atoms with van der Waals surface area (Å²) >= 11 is 7.47. The topological polar surface area (TPSA) is 80.5 Å². The van der Waals surface area contributed by atoms with Crippen molar-refractivity contribution in [1.82, 2.24) is 24.1 Å². The molecule has 0 atom stereocenters. The molecule has 7 nitrogen and oxygen atoms in total. The highest BCUT2D eigenvalue weighted by atomic mass is 35.5. The molecule has 1 aromatic carbocycles. The van der Waals surface area contributed by atoms with Crippen LogP contribution < -0.4 is 0 Å². The summed E-state index contributed by atoms with van der Waals surface area (Å²) in [4.78, 5) is 0.737. The molecule has 10 heteroatoms. The molecular weight excluding hydrogens is 406 g/mol. The number of rotatable bonds is 4. The van der Waals surface area contributed by atoms with Gasteiger partial charge in [0.05, 0.1) is 6.26 Å². The van der Waals surface area contributed by atoms with E-state index in [4.69, 9.17) is 11.6 Å². The number of hydrogen-bond acceptors (Lipinski definition) is 6. The van der Waals surface area contributed by atoms with Crippen LogP contribution in [0.2, 0.25) is 5.02 Å². The Morgan fingerprint density at radius 3 is 2.70 bits per heavy atom. The molecule has 27 heavy (non-hydrogen) atoms. The van der Waals surface area contributed by atoms with Crippen molar-refractivity contribution in [2.45, 2.75) is 18.8 Å². The fourth-order valence-corrected chi connectivity index (χ4v) is 5.01. The lowest BCUT2D eigenvalue weighted by atomic mass is 9.97. The van der Waals surface area contributed by atoms with E-state index in [2.05, 4.69) is 15.3 Å². The number of nitrogens with zero attached hydrogens (tertiary/aromatic N) is 5. The summed E-state index contributed by atoms with van der Waals surface area (Å²) in [5, 5.41) is 14.7. The minimum absolute atomic E-state index is 0.157. The first-order chi connectivity index (χ1) is 12.9. The molecular formula is C17H18ClN5O2S2. The van der Waals surface area contributed by atoms with Crippen LogP contribution in [0.3, 0.4) is 0 Å². The van der Waals surface area contributed by atoms with Gasteiger partial charge >= 0.3 is 0 Å². The van der Waals surface area contributed by atoms with Crippen molar-refractivity contribution in [3.63, 3.8) is 0 Å². The number of fused-ring (bicyclic) bond motifs is 1. The van der Waals surface area contributed by atoms with Crippen LogP contribution in [-0.2, 0) is 10.0 Å². The largest absolute Gasteiger partial charge is 0.234 e. The van der Waals surface area contributed by atoms with E-state index in [0.717, 1.165) is 34.2 Å². The molecule has 2 aromatic heterocycles. The predicted molar refractivity (Wildman–Crippen MR) is 107 cm³/mol. The highest BCUT2D eigenvalue weighted by molar-refractivity contribution is 7.88. The molecule has 0 unspecified atom stereocenters. The highest BCUT2D eigenvalue weighted by Crippen LogP contribution is 2.29. The molecule has 3 aromatic rings. The minimum Gasteiger partial charge on any atom is -0.213 e. The monoisotopic (exact) mass is 423 g/mol. The third-order valence-corrected chi connectivity index (χ3v) is 6.99. The molecule has 1 saturated heterocycles. The summed E-state index contributed by atoms with van der Waals surface area (Å²) in [5.74, 6) is 0.960. The van der Waals surface area contributed by atoms with Crippen molar-refractivity contribution in [3.8, 4) is 0 Å². The van der Waals surface area contributed by atoms with Crippen LogP contribution in [-0.4, -0.2) is 51.9 Å². The van der Waals surface area contributed by atoms with Gasteiger partial charge in [0.2, 0.25) is 15.0 Å². The van der Waals surface area contributed by atoms with Gasteiger partial charge in [0.25, 0.3) is 0 Å². The van der Waals surface area contributed by atoms with Gasteiger partial charge in [0.1, 0.15) is 5.01 Å². The van der Waals surface area contributed by atoms with Crippen LogP contribution in [0, 0.1) is 0 Å². The maximum absolute atomic E-state index is 11.7. The Balaban J connectivity index is 1.53. The Bertz CT molecular complexity index is 1100. The van der Waals surface area contributed by atoms with Gasteiger partial charge in [0.15, 0.2) is 5.82 Å². The smallest absolute Gasteiger partial charge is 0.213 e. The van der Waals surface area contributed by atoms with Crippen LogP contribution in [0.15, 0.2) is 24.3 Å². The lowest BCUT2D eigenvalue weighted by Gasteiger charge is -2.28. The summed E-state index contributed by atoms with van der Waals surface area (Å²) in [5.41, 5.74) is 1.00. The fraction of sp³-hybridized carbons (Fsp3) is 0.353. The molecule has 0 amide bonds. The number of piperidine rings is 1. The number of sulfonamides is 1. The summed E-state index contributed by atoms with van der Waals surface area (Å²) < 4.78 is 26.6. The molecule has 4 rings (SSSR count). The highest BCUT2D eigenvalue weighted by Gasteiger charge is 2.29. The average Bonchev–Trinajstić information content (AvgIpc) is 3.19. The number of hydrogen-bond donors (Lipinski definition) is 0. The van der Waals surface area contributed by atoms with E-state index in [1.165, 1.54) is 21.9 Å². The first kappa shape index (κ1) is 18.5. The van der Waals surface area contributed by atoms with E-state index in [1.54, 1.807) is 4.52 Å². The van der Waals surface area contributed by atoms with Crippen molar-refractivity contribution >= 4 is 50.1 Å². The third-order valence-electron chi connectivity index (χ3n) is 4.59. The maximum atomic E-state index is 11.7. The van der Waals surface area contributed by atoms with E-state index in [9.17, 15) is 8.42 Å². The van der Waals surface area contributed by atoms with Crippen LogP contribution in [0.25, 0.3) is 17.1 Å².